The van der Waals surface area contributed by atoms with Crippen molar-refractivity contribution >= 4 is 40.2 Å². The van der Waals surface area contributed by atoms with Crippen LogP contribution in [0.15, 0.2) is 54.7 Å². The number of hydrogen-bond donors (Lipinski definition) is 4. The third kappa shape index (κ3) is 8.64. The van der Waals surface area contributed by atoms with Crippen LogP contribution >= 0.6 is 11.6 Å². The molecule has 9 nitrogen and oxygen atoms in total. The van der Waals surface area contributed by atoms with Crippen molar-refractivity contribution in [1.82, 2.24) is 20.7 Å². The van der Waals surface area contributed by atoms with Crippen LogP contribution in [0.3, 0.4) is 0 Å². The number of rotatable bonds is 11. The van der Waals surface area contributed by atoms with Crippen molar-refractivity contribution in [3.8, 4) is 0 Å². The molecule has 0 aliphatic rings. The normalized spacial score (nSPS) is 12.3. The van der Waals surface area contributed by atoms with Crippen LogP contribution in [-0.2, 0) is 16.1 Å². The molecule has 198 valence electrons. The Kier molecular flexibility index (Phi) is 9.76. The number of pyridine rings is 1. The fourth-order valence-corrected chi connectivity index (χ4v) is 3.78. The molecule has 0 aliphatic carbocycles. The highest BCUT2D eigenvalue weighted by Crippen LogP contribution is 2.20. The Labute approximate surface area is 219 Å². The number of nitrogens with one attached hydrogen (secondary N) is 3. The monoisotopic (exact) mass is 531 g/mol. The molecule has 0 fully saturated rings. The lowest BCUT2D eigenvalue weighted by molar-refractivity contribution is -0.136. The van der Waals surface area contributed by atoms with Crippen LogP contribution in [0.5, 0.6) is 0 Å². The van der Waals surface area contributed by atoms with Gasteiger partial charge in [0.05, 0.1) is 16.7 Å². The zero-order valence-corrected chi connectivity index (χ0v) is 21.7. The highest BCUT2D eigenvalue weighted by Gasteiger charge is 2.24. The first-order valence-corrected chi connectivity index (χ1v) is 12.1. The van der Waals surface area contributed by atoms with Gasteiger partial charge in [0.2, 0.25) is 5.91 Å². The van der Waals surface area contributed by atoms with Gasteiger partial charge in [0, 0.05) is 38.1 Å². The van der Waals surface area contributed by atoms with E-state index in [1.54, 1.807) is 32.2 Å². The van der Waals surface area contributed by atoms with Crippen LogP contribution in [-0.4, -0.2) is 58.4 Å². The number of aliphatic hydroxyl groups is 1. The molecule has 1 heterocycles. The van der Waals surface area contributed by atoms with Gasteiger partial charge in [-0.1, -0.05) is 48.0 Å². The summed E-state index contributed by atoms with van der Waals surface area (Å²) >= 11 is 6.04. The third-order valence-electron chi connectivity index (χ3n) is 5.38. The van der Waals surface area contributed by atoms with E-state index < -0.39 is 23.6 Å². The minimum Gasteiger partial charge on any atom is -0.447 e. The average Bonchev–Trinajstić information content (AvgIpc) is 2.83. The lowest BCUT2D eigenvalue weighted by Gasteiger charge is -2.32. The van der Waals surface area contributed by atoms with Crippen LogP contribution in [0.4, 0.5) is 15.0 Å². The number of ether oxygens (including phenoxy) is 1. The fourth-order valence-electron chi connectivity index (χ4n) is 3.59. The Bertz CT molecular complexity index is 1240. The van der Waals surface area contributed by atoms with E-state index >= 15 is 0 Å². The first kappa shape index (κ1) is 28.3. The molecule has 0 aliphatic heterocycles. The number of nitrogens with zero attached hydrogens (tertiary/aromatic N) is 2. The van der Waals surface area contributed by atoms with E-state index in [1.165, 1.54) is 24.1 Å². The summed E-state index contributed by atoms with van der Waals surface area (Å²) in [4.78, 5) is 29.2. The summed E-state index contributed by atoms with van der Waals surface area (Å²) < 4.78 is 19.2. The summed E-state index contributed by atoms with van der Waals surface area (Å²) in [6.45, 7) is 4.94. The number of anilines is 1. The second-order valence-corrected chi connectivity index (χ2v) is 9.55. The zero-order valence-electron chi connectivity index (χ0n) is 20.9. The molecule has 2 aromatic carbocycles. The predicted octanol–water partition coefficient (Wildman–Crippen LogP) is 3.86. The van der Waals surface area contributed by atoms with E-state index in [0.29, 0.717) is 11.4 Å². The molecule has 0 bridgehead atoms. The summed E-state index contributed by atoms with van der Waals surface area (Å²) in [5.41, 5.74) is 2.41. The van der Waals surface area contributed by atoms with Gasteiger partial charge in [-0.25, -0.2) is 19.6 Å². The van der Waals surface area contributed by atoms with Crippen molar-refractivity contribution in [1.29, 1.82) is 0 Å². The standard InChI is InChI=1S/C26H31ClFN5O4/c1-17(34)33(31-13-20-9-6-10-22(28)24(20)27)21(14-29-16-26(2,3)36)15-37-25(35)32-23-11-18-7-4-5-8-19(18)12-30-23/h4-12,21,29,31,36H,13-16H2,1-3H3,(H,30,32,35)/t21-/m0/s1. The van der Waals surface area contributed by atoms with Crippen LogP contribution < -0.4 is 16.1 Å². The Morgan fingerprint density at radius 1 is 1.19 bits per heavy atom. The van der Waals surface area contributed by atoms with Crippen molar-refractivity contribution in [3.63, 3.8) is 0 Å². The molecular weight excluding hydrogens is 501 g/mol. The van der Waals surface area contributed by atoms with E-state index in [1.807, 2.05) is 24.3 Å². The minimum atomic E-state index is -0.992. The molecule has 0 saturated heterocycles. The fraction of sp³-hybridized carbons (Fsp3) is 0.346. The van der Waals surface area contributed by atoms with Crippen molar-refractivity contribution in [2.75, 3.05) is 25.0 Å². The maximum absolute atomic E-state index is 13.8. The van der Waals surface area contributed by atoms with E-state index in [9.17, 15) is 19.1 Å². The maximum atomic E-state index is 13.8. The molecule has 1 atom stereocenters. The van der Waals surface area contributed by atoms with Crippen molar-refractivity contribution in [2.45, 2.75) is 39.0 Å². The summed E-state index contributed by atoms with van der Waals surface area (Å²) in [5, 5.41) is 18.8. The molecule has 4 N–H and O–H groups in total. The van der Waals surface area contributed by atoms with Gasteiger partial charge in [0.25, 0.3) is 0 Å². The number of aromatic nitrogens is 1. The summed E-state index contributed by atoms with van der Waals surface area (Å²) in [7, 11) is 0. The topological polar surface area (TPSA) is 116 Å². The first-order chi connectivity index (χ1) is 17.5. The summed E-state index contributed by atoms with van der Waals surface area (Å²) in [6, 6.07) is 13.1. The van der Waals surface area contributed by atoms with Gasteiger partial charge >= 0.3 is 6.09 Å². The molecule has 3 aromatic rings. The molecule has 0 saturated carbocycles. The van der Waals surface area contributed by atoms with Crippen LogP contribution in [0, 0.1) is 5.82 Å². The molecular formula is C26H31ClFN5O4. The Morgan fingerprint density at radius 2 is 1.92 bits per heavy atom. The molecule has 11 heteroatoms. The molecule has 3 rings (SSSR count). The first-order valence-electron chi connectivity index (χ1n) is 11.7. The smallest absolute Gasteiger partial charge is 0.412 e. The number of amides is 2. The lowest BCUT2D eigenvalue weighted by atomic mass is 10.1. The molecule has 0 unspecified atom stereocenters. The molecule has 37 heavy (non-hydrogen) atoms. The van der Waals surface area contributed by atoms with Gasteiger partial charge in [0.1, 0.15) is 18.2 Å². The zero-order chi connectivity index (χ0) is 27.0. The molecule has 0 spiro atoms. The third-order valence-corrected chi connectivity index (χ3v) is 5.80. The number of carbonyl (C=O) groups excluding carboxylic acids is 2. The minimum absolute atomic E-state index is 0.0475. The molecule has 0 radical (unpaired) electrons. The lowest BCUT2D eigenvalue weighted by Crippen LogP contribution is -2.55. The molecule has 2 amide bonds. The van der Waals surface area contributed by atoms with Crippen molar-refractivity contribution in [2.24, 2.45) is 0 Å². The predicted molar refractivity (Wildman–Crippen MR) is 140 cm³/mol. The van der Waals surface area contributed by atoms with Gasteiger partial charge in [-0.2, -0.15) is 0 Å². The Hall–Kier alpha value is -3.31. The highest BCUT2D eigenvalue weighted by molar-refractivity contribution is 6.31. The Balaban J connectivity index is 1.68. The highest BCUT2D eigenvalue weighted by atomic mass is 35.5. The van der Waals surface area contributed by atoms with Gasteiger partial charge in [-0.05, 0) is 36.9 Å². The SMILES string of the molecule is CC(=O)N(NCc1cccc(F)c1Cl)[C@@H](CNCC(C)(C)O)COC(=O)Nc1cc2ccccc2cn1. The second kappa shape index (κ2) is 12.8. The summed E-state index contributed by atoms with van der Waals surface area (Å²) in [6.07, 6.45) is 0.903. The number of benzene rings is 2. The number of hydrogen-bond acceptors (Lipinski definition) is 7. The van der Waals surface area contributed by atoms with Crippen LogP contribution in [0.2, 0.25) is 5.02 Å². The quantitative estimate of drug-likeness (QED) is 0.278. The number of hydrazine groups is 1. The van der Waals surface area contributed by atoms with Gasteiger partial charge in [-0.15, -0.1) is 0 Å². The van der Waals surface area contributed by atoms with E-state index in [-0.39, 0.29) is 37.2 Å². The molecule has 1 aromatic heterocycles. The van der Waals surface area contributed by atoms with Crippen LogP contribution in [0.1, 0.15) is 26.3 Å². The van der Waals surface area contributed by atoms with E-state index in [2.05, 4.69) is 21.0 Å². The van der Waals surface area contributed by atoms with Gasteiger partial charge < -0.3 is 15.2 Å². The summed E-state index contributed by atoms with van der Waals surface area (Å²) in [5.74, 6) is -0.605. The maximum Gasteiger partial charge on any atom is 0.412 e. The van der Waals surface area contributed by atoms with E-state index in [4.69, 9.17) is 16.3 Å². The van der Waals surface area contributed by atoms with E-state index in [0.717, 1.165) is 10.8 Å². The van der Waals surface area contributed by atoms with Crippen LogP contribution in [0.25, 0.3) is 10.8 Å². The Morgan fingerprint density at radius 3 is 2.62 bits per heavy atom. The largest absolute Gasteiger partial charge is 0.447 e. The van der Waals surface area contributed by atoms with Crippen molar-refractivity contribution < 1.29 is 23.8 Å². The van der Waals surface area contributed by atoms with Gasteiger partial charge in [-0.3, -0.25) is 15.1 Å². The average molecular weight is 532 g/mol. The second-order valence-electron chi connectivity index (χ2n) is 9.17. The van der Waals surface area contributed by atoms with Gasteiger partial charge in [0.15, 0.2) is 0 Å². The number of halogens is 2. The number of carbonyl (C=O) groups is 2. The van der Waals surface area contributed by atoms with Crippen molar-refractivity contribution in [3.05, 3.63) is 71.1 Å². The number of fused-ring (bicyclic) bond motifs is 1.